The second kappa shape index (κ2) is 7.31. The lowest BCUT2D eigenvalue weighted by Gasteiger charge is -2.13. The van der Waals surface area contributed by atoms with Crippen molar-refractivity contribution in [2.24, 2.45) is 0 Å². The van der Waals surface area contributed by atoms with Gasteiger partial charge in [0.15, 0.2) is 12.4 Å². The van der Waals surface area contributed by atoms with Crippen molar-refractivity contribution in [1.82, 2.24) is 4.90 Å². The molecule has 2 aromatic rings. The zero-order valence-corrected chi connectivity index (χ0v) is 14.2. The third-order valence-electron chi connectivity index (χ3n) is 4.16. The number of hydrogen-bond donors (Lipinski definition) is 0. The molecule has 6 heteroatoms. The molecule has 0 fully saturated rings. The molecule has 0 aromatic heterocycles. The topological polar surface area (TPSA) is 80.8 Å². The minimum absolute atomic E-state index is 0.0795. The second-order valence-corrected chi connectivity index (χ2v) is 6.01. The summed E-state index contributed by atoms with van der Waals surface area (Å²) in [5.74, 6) is -1.79. The quantitative estimate of drug-likeness (QED) is 0.453. The highest BCUT2D eigenvalue weighted by atomic mass is 16.5. The van der Waals surface area contributed by atoms with Crippen LogP contribution in [-0.4, -0.2) is 41.6 Å². The molecule has 6 nitrogen and oxygen atoms in total. The maximum Gasteiger partial charge on any atom is 0.308 e. The van der Waals surface area contributed by atoms with Crippen LogP contribution in [0.15, 0.2) is 48.5 Å². The lowest BCUT2D eigenvalue weighted by molar-refractivity contribution is -0.142. The van der Waals surface area contributed by atoms with Crippen molar-refractivity contribution >= 4 is 23.6 Å². The predicted molar refractivity (Wildman–Crippen MR) is 92.9 cm³/mol. The van der Waals surface area contributed by atoms with E-state index >= 15 is 0 Å². The number of ether oxygens (including phenoxy) is 1. The maximum absolute atomic E-state index is 12.2. The number of benzene rings is 2. The predicted octanol–water partition coefficient (Wildman–Crippen LogP) is 2.41. The lowest BCUT2D eigenvalue weighted by atomic mass is 10.1. The smallest absolute Gasteiger partial charge is 0.308 e. The molecule has 0 unspecified atom stereocenters. The van der Waals surface area contributed by atoms with Gasteiger partial charge in [-0.3, -0.25) is 24.1 Å². The average Bonchev–Trinajstić information content (AvgIpc) is 2.89. The first-order chi connectivity index (χ1) is 12.5. The minimum atomic E-state index is -0.637. The second-order valence-electron chi connectivity index (χ2n) is 6.01. The first kappa shape index (κ1) is 17.5. The Bertz CT molecular complexity index is 850. The van der Waals surface area contributed by atoms with Gasteiger partial charge < -0.3 is 4.74 Å². The highest BCUT2D eigenvalue weighted by Crippen LogP contribution is 2.22. The summed E-state index contributed by atoms with van der Waals surface area (Å²) >= 11 is 0. The fraction of sp³-hybridized carbons (Fsp3) is 0.200. The SMILES string of the molecule is Cc1ccc(C(=O)COC(=O)CCN2C(=O)c3ccccc3C2=O)cc1. The van der Waals surface area contributed by atoms with E-state index in [0.29, 0.717) is 16.7 Å². The Morgan fingerprint density at radius 1 is 0.923 bits per heavy atom. The molecule has 0 spiro atoms. The summed E-state index contributed by atoms with van der Waals surface area (Å²) in [7, 11) is 0. The number of hydrogen-bond acceptors (Lipinski definition) is 5. The van der Waals surface area contributed by atoms with Gasteiger partial charge in [-0.05, 0) is 19.1 Å². The highest BCUT2D eigenvalue weighted by molar-refractivity contribution is 6.21. The number of aryl methyl sites for hydroxylation is 1. The number of carbonyl (C=O) groups excluding carboxylic acids is 4. The van der Waals surface area contributed by atoms with E-state index in [2.05, 4.69) is 0 Å². The number of ketones is 1. The van der Waals surface area contributed by atoms with Crippen molar-refractivity contribution in [2.75, 3.05) is 13.2 Å². The molecule has 0 saturated carbocycles. The molecule has 0 saturated heterocycles. The molecule has 2 amide bonds. The van der Waals surface area contributed by atoms with E-state index in [1.165, 1.54) is 0 Å². The van der Waals surface area contributed by atoms with E-state index < -0.39 is 17.8 Å². The first-order valence-electron chi connectivity index (χ1n) is 8.18. The Kier molecular flexibility index (Phi) is 4.93. The molecule has 0 radical (unpaired) electrons. The fourth-order valence-corrected chi connectivity index (χ4v) is 2.69. The van der Waals surface area contributed by atoms with Gasteiger partial charge in [0.05, 0.1) is 17.5 Å². The van der Waals surface area contributed by atoms with Crippen molar-refractivity contribution in [1.29, 1.82) is 0 Å². The van der Waals surface area contributed by atoms with Crippen LogP contribution in [0.1, 0.15) is 43.1 Å². The summed E-state index contributed by atoms with van der Waals surface area (Å²) in [4.78, 5) is 49.2. The van der Waals surface area contributed by atoms with Crippen LogP contribution in [0.3, 0.4) is 0 Å². The van der Waals surface area contributed by atoms with E-state index in [-0.39, 0.29) is 25.4 Å². The monoisotopic (exact) mass is 351 g/mol. The molecule has 1 aliphatic rings. The van der Waals surface area contributed by atoms with E-state index in [9.17, 15) is 19.2 Å². The number of nitrogens with zero attached hydrogens (tertiary/aromatic N) is 1. The van der Waals surface area contributed by atoms with E-state index in [4.69, 9.17) is 4.74 Å². The molecule has 1 heterocycles. The average molecular weight is 351 g/mol. The van der Waals surface area contributed by atoms with Gasteiger partial charge in [-0.15, -0.1) is 0 Å². The Balaban J connectivity index is 1.50. The number of Topliss-reactive ketones (excluding diaryl/α,β-unsaturated/α-hetero) is 1. The molecule has 0 N–H and O–H groups in total. The van der Waals surface area contributed by atoms with Gasteiger partial charge in [-0.25, -0.2) is 0 Å². The van der Waals surface area contributed by atoms with Gasteiger partial charge in [0.1, 0.15) is 0 Å². The minimum Gasteiger partial charge on any atom is -0.457 e. The molecule has 1 aliphatic heterocycles. The molecule has 26 heavy (non-hydrogen) atoms. The fourth-order valence-electron chi connectivity index (χ4n) is 2.69. The Morgan fingerprint density at radius 3 is 2.08 bits per heavy atom. The molecule has 3 rings (SSSR count). The van der Waals surface area contributed by atoms with Gasteiger partial charge in [0.25, 0.3) is 11.8 Å². The summed E-state index contributed by atoms with van der Waals surface area (Å²) in [6.45, 7) is 1.46. The van der Waals surface area contributed by atoms with Crippen LogP contribution in [0.5, 0.6) is 0 Å². The number of imide groups is 1. The van der Waals surface area contributed by atoms with Crippen molar-refractivity contribution in [3.8, 4) is 0 Å². The Hall–Kier alpha value is -3.28. The summed E-state index contributed by atoms with van der Waals surface area (Å²) in [6, 6.07) is 13.5. The van der Waals surface area contributed by atoms with Crippen LogP contribution >= 0.6 is 0 Å². The van der Waals surface area contributed by atoms with Crippen LogP contribution in [0.4, 0.5) is 0 Å². The zero-order chi connectivity index (χ0) is 18.7. The number of rotatable bonds is 6. The van der Waals surface area contributed by atoms with E-state index in [1.807, 2.05) is 6.92 Å². The molecule has 132 valence electrons. The van der Waals surface area contributed by atoms with Crippen molar-refractivity contribution in [3.05, 3.63) is 70.8 Å². The van der Waals surface area contributed by atoms with Crippen LogP contribution in [0.25, 0.3) is 0 Å². The molecule has 2 aromatic carbocycles. The van der Waals surface area contributed by atoms with Crippen molar-refractivity contribution in [2.45, 2.75) is 13.3 Å². The number of esters is 1. The molecular formula is C20H17NO5. The zero-order valence-electron chi connectivity index (χ0n) is 14.2. The van der Waals surface area contributed by atoms with Crippen molar-refractivity contribution in [3.63, 3.8) is 0 Å². The van der Waals surface area contributed by atoms with E-state index in [1.54, 1.807) is 48.5 Å². The van der Waals surface area contributed by atoms with Gasteiger partial charge >= 0.3 is 5.97 Å². The third kappa shape index (κ3) is 3.54. The van der Waals surface area contributed by atoms with Crippen molar-refractivity contribution < 1.29 is 23.9 Å². The maximum atomic E-state index is 12.2. The van der Waals surface area contributed by atoms with Crippen LogP contribution in [-0.2, 0) is 9.53 Å². The summed E-state index contributed by atoms with van der Waals surface area (Å²) in [5, 5.41) is 0. The van der Waals surface area contributed by atoms with Crippen LogP contribution < -0.4 is 0 Å². The molecule has 0 atom stereocenters. The van der Waals surface area contributed by atoms with Gasteiger partial charge in [-0.1, -0.05) is 42.0 Å². The lowest BCUT2D eigenvalue weighted by Crippen LogP contribution is -2.32. The normalized spacial score (nSPS) is 12.9. The molecule has 0 bridgehead atoms. The van der Waals surface area contributed by atoms with Gasteiger partial charge in [0.2, 0.25) is 0 Å². The Labute approximate surface area is 150 Å². The first-order valence-corrected chi connectivity index (χ1v) is 8.18. The van der Waals surface area contributed by atoms with Crippen LogP contribution in [0, 0.1) is 6.92 Å². The number of fused-ring (bicyclic) bond motifs is 1. The Morgan fingerprint density at radius 2 is 1.50 bits per heavy atom. The largest absolute Gasteiger partial charge is 0.457 e. The van der Waals surface area contributed by atoms with E-state index in [0.717, 1.165) is 10.5 Å². The number of amides is 2. The van der Waals surface area contributed by atoms with Gasteiger partial charge in [0, 0.05) is 12.1 Å². The summed E-state index contributed by atoms with van der Waals surface area (Å²) < 4.78 is 4.96. The summed E-state index contributed by atoms with van der Waals surface area (Å²) in [6.07, 6.45) is -0.160. The summed E-state index contributed by atoms with van der Waals surface area (Å²) in [5.41, 5.74) is 2.16. The highest BCUT2D eigenvalue weighted by Gasteiger charge is 2.35. The standard InChI is InChI=1S/C20H17NO5/c1-13-6-8-14(9-7-13)17(22)12-26-18(23)10-11-21-19(24)15-4-2-3-5-16(15)20(21)25/h2-9H,10-12H2,1H3. The number of carbonyl (C=O) groups is 4. The molecule has 0 aliphatic carbocycles. The third-order valence-corrected chi connectivity index (χ3v) is 4.16. The van der Waals surface area contributed by atoms with Gasteiger partial charge in [-0.2, -0.15) is 0 Å². The molecular weight excluding hydrogens is 334 g/mol. The van der Waals surface area contributed by atoms with Crippen LogP contribution in [0.2, 0.25) is 0 Å².